The number of nitrogens with zero attached hydrogens (tertiary/aromatic N) is 3. The number of esters is 1. The Morgan fingerprint density at radius 3 is 2.64 bits per heavy atom. The Hall–Kier alpha value is -3.12. The molecule has 12 heteroatoms. The molecule has 0 amide bonds. The first-order chi connectivity index (χ1) is 18.5. The van der Waals surface area contributed by atoms with Crippen LogP contribution in [0.4, 0.5) is 24.8 Å². The molecule has 0 bridgehead atoms. The molecule has 0 aromatic carbocycles. The van der Waals surface area contributed by atoms with E-state index >= 15 is 0 Å². The van der Waals surface area contributed by atoms with Crippen LogP contribution >= 0.6 is 11.8 Å². The van der Waals surface area contributed by atoms with E-state index in [9.17, 15) is 18.0 Å². The molecule has 3 aromatic rings. The van der Waals surface area contributed by atoms with E-state index < -0.39 is 11.6 Å². The summed E-state index contributed by atoms with van der Waals surface area (Å²) in [6.45, 7) is 9.48. The van der Waals surface area contributed by atoms with E-state index in [-0.39, 0.29) is 47.9 Å². The average Bonchev–Trinajstić information content (AvgIpc) is 2.88. The Balaban J connectivity index is 0.00000205. The quantitative estimate of drug-likeness (QED) is 0.273. The van der Waals surface area contributed by atoms with Gasteiger partial charge < -0.3 is 20.5 Å². The highest BCUT2D eigenvalue weighted by Gasteiger charge is 2.28. The fourth-order valence-electron chi connectivity index (χ4n) is 4.00. The van der Waals surface area contributed by atoms with Gasteiger partial charge in [-0.2, -0.15) is 13.2 Å². The molecule has 212 valence electrons. The zero-order valence-corrected chi connectivity index (χ0v) is 23.4. The molecule has 3 aromatic heterocycles. The number of nitrogens with one attached hydrogen (secondary N) is 1. The Bertz CT molecular complexity index is 1290. The molecule has 0 fully saturated rings. The summed E-state index contributed by atoms with van der Waals surface area (Å²) >= 11 is -0.0722. The second-order valence-electron chi connectivity index (χ2n) is 8.90. The number of alkyl halides is 3. The van der Waals surface area contributed by atoms with Crippen LogP contribution in [-0.4, -0.2) is 44.4 Å². The molecule has 0 saturated carbocycles. The number of aromatic nitrogens is 3. The molecule has 4 rings (SSSR count). The van der Waals surface area contributed by atoms with E-state index in [1.807, 2.05) is 33.8 Å². The minimum atomic E-state index is -4.27. The van der Waals surface area contributed by atoms with Gasteiger partial charge in [0.25, 0.3) is 0 Å². The van der Waals surface area contributed by atoms with Crippen LogP contribution in [0.15, 0.2) is 30.6 Å². The van der Waals surface area contributed by atoms with E-state index in [0.29, 0.717) is 41.1 Å². The molecule has 3 N–H and O–H groups in total. The smallest absolute Gasteiger partial charge is 0.441 e. The van der Waals surface area contributed by atoms with Crippen LogP contribution < -0.4 is 15.8 Å². The highest BCUT2D eigenvalue weighted by molar-refractivity contribution is 8.00. The van der Waals surface area contributed by atoms with Crippen LogP contribution in [0, 0.1) is 0 Å². The minimum absolute atomic E-state index is 0.0722. The lowest BCUT2D eigenvalue weighted by molar-refractivity contribution is -0.0328. The maximum Gasteiger partial charge on any atom is 0.441 e. The van der Waals surface area contributed by atoms with Gasteiger partial charge >= 0.3 is 11.5 Å². The van der Waals surface area contributed by atoms with E-state index in [4.69, 9.17) is 15.2 Å². The maximum atomic E-state index is 12.5. The monoisotopic (exact) mass is 565 g/mol. The van der Waals surface area contributed by atoms with Gasteiger partial charge in [0.15, 0.2) is 0 Å². The van der Waals surface area contributed by atoms with Crippen molar-refractivity contribution in [1.29, 1.82) is 0 Å². The molecule has 39 heavy (non-hydrogen) atoms. The standard InChI is InChI=1S/C25H28F3N5O3S.C2H6/c1-4-19(29)17-11-31-23(35-13(2)7-8-37-25(26,27)28)18-12-30-22(10-16(17)18)33-21-6-5-15-20(32-21)9-14(3)36-24(15)34;1-2/h5-6,10-14,19H,4,7-9,29H2,1-3H3,(H,30,32,33);1-2H3. The van der Waals surface area contributed by atoms with Gasteiger partial charge in [-0.1, -0.05) is 32.5 Å². The van der Waals surface area contributed by atoms with E-state index in [1.165, 1.54) is 0 Å². The summed E-state index contributed by atoms with van der Waals surface area (Å²) in [7, 11) is 0. The third-order valence-corrected chi connectivity index (χ3v) is 6.71. The number of fused-ring (bicyclic) bond motifs is 2. The number of ether oxygens (including phenoxy) is 2. The van der Waals surface area contributed by atoms with Crippen LogP contribution in [0.25, 0.3) is 10.8 Å². The number of halogens is 3. The lowest BCUT2D eigenvalue weighted by Gasteiger charge is -2.21. The summed E-state index contributed by atoms with van der Waals surface area (Å²) in [5.41, 5.74) is 3.96. The zero-order valence-electron chi connectivity index (χ0n) is 22.6. The number of cyclic esters (lactones) is 1. The highest BCUT2D eigenvalue weighted by Crippen LogP contribution is 2.34. The molecule has 4 heterocycles. The summed E-state index contributed by atoms with van der Waals surface area (Å²) in [5.74, 6) is 0.807. The zero-order chi connectivity index (χ0) is 28.7. The van der Waals surface area contributed by atoms with Gasteiger partial charge in [-0.05, 0) is 55.8 Å². The van der Waals surface area contributed by atoms with Crippen LogP contribution in [0.1, 0.15) is 75.1 Å². The SMILES string of the molecule is CC.CCC(N)c1cnc(OC(C)CCSC(F)(F)F)c2cnc(Nc3ccc4c(n3)CC(C)OC4=O)cc12. The van der Waals surface area contributed by atoms with Crippen molar-refractivity contribution < 1.29 is 27.4 Å². The first-order valence-corrected chi connectivity index (χ1v) is 13.9. The van der Waals surface area contributed by atoms with Crippen LogP contribution in [0.2, 0.25) is 0 Å². The van der Waals surface area contributed by atoms with E-state index in [0.717, 1.165) is 10.9 Å². The van der Waals surface area contributed by atoms with Crippen molar-refractivity contribution in [1.82, 2.24) is 15.0 Å². The lowest BCUT2D eigenvalue weighted by Crippen LogP contribution is -2.26. The molecule has 1 aliphatic heterocycles. The Morgan fingerprint density at radius 1 is 1.21 bits per heavy atom. The first kappa shape index (κ1) is 30.4. The second kappa shape index (κ2) is 13.3. The van der Waals surface area contributed by atoms with Crippen LogP contribution in [0.3, 0.4) is 0 Å². The van der Waals surface area contributed by atoms with Crippen molar-refractivity contribution in [3.05, 3.63) is 47.4 Å². The number of hydrogen-bond acceptors (Lipinski definition) is 9. The van der Waals surface area contributed by atoms with E-state index in [2.05, 4.69) is 20.3 Å². The molecule has 1 aliphatic rings. The Kier molecular flexibility index (Phi) is 10.4. The number of hydrogen-bond donors (Lipinski definition) is 2. The molecule has 0 aliphatic carbocycles. The van der Waals surface area contributed by atoms with Crippen molar-refractivity contribution in [2.75, 3.05) is 11.1 Å². The molecule has 3 unspecified atom stereocenters. The number of pyridine rings is 3. The number of carbonyl (C=O) groups is 1. The summed E-state index contributed by atoms with van der Waals surface area (Å²) in [6, 6.07) is 4.89. The van der Waals surface area contributed by atoms with E-state index in [1.54, 1.807) is 31.5 Å². The van der Waals surface area contributed by atoms with Crippen molar-refractivity contribution >= 4 is 40.1 Å². The number of nitrogens with two attached hydrogens (primary N) is 1. The van der Waals surface area contributed by atoms with Gasteiger partial charge in [0.2, 0.25) is 5.88 Å². The van der Waals surface area contributed by atoms with Crippen molar-refractivity contribution in [2.24, 2.45) is 5.73 Å². The number of rotatable bonds is 9. The van der Waals surface area contributed by atoms with Gasteiger partial charge in [-0.25, -0.2) is 19.7 Å². The molecular weight excluding hydrogens is 531 g/mol. The highest BCUT2D eigenvalue weighted by atomic mass is 32.2. The second-order valence-corrected chi connectivity index (χ2v) is 10.1. The molecule has 0 radical (unpaired) electrons. The lowest BCUT2D eigenvalue weighted by atomic mass is 10.0. The minimum Gasteiger partial charge on any atom is -0.474 e. The van der Waals surface area contributed by atoms with Crippen molar-refractivity contribution in [3.8, 4) is 5.88 Å². The third kappa shape index (κ3) is 7.95. The molecule has 3 atom stereocenters. The predicted octanol–water partition coefficient (Wildman–Crippen LogP) is 6.72. The summed E-state index contributed by atoms with van der Waals surface area (Å²) in [4.78, 5) is 25.5. The molecule has 0 saturated heterocycles. The molecular formula is C27H34F3N5O3S. The third-order valence-electron chi connectivity index (χ3n) is 5.95. The first-order valence-electron chi connectivity index (χ1n) is 12.9. The normalized spacial score (nSPS) is 16.4. The summed E-state index contributed by atoms with van der Waals surface area (Å²) in [5, 5.41) is 4.55. The predicted molar refractivity (Wildman–Crippen MR) is 147 cm³/mol. The number of thioether (sulfide) groups is 1. The van der Waals surface area contributed by atoms with Crippen molar-refractivity contribution in [3.63, 3.8) is 0 Å². The number of carbonyl (C=O) groups excluding carboxylic acids is 1. The largest absolute Gasteiger partial charge is 0.474 e. The fraction of sp³-hybridized carbons (Fsp3) is 0.481. The van der Waals surface area contributed by atoms with Gasteiger partial charge in [0.05, 0.1) is 22.7 Å². The van der Waals surface area contributed by atoms with Gasteiger partial charge in [-0.3, -0.25) is 0 Å². The summed E-state index contributed by atoms with van der Waals surface area (Å²) in [6.07, 6.45) is 3.89. The number of anilines is 2. The van der Waals surface area contributed by atoms with Crippen molar-refractivity contribution in [2.45, 2.75) is 77.6 Å². The van der Waals surface area contributed by atoms with Gasteiger partial charge in [0.1, 0.15) is 17.7 Å². The van der Waals surface area contributed by atoms with Crippen LogP contribution in [-0.2, 0) is 11.2 Å². The van der Waals surface area contributed by atoms with Gasteiger partial charge in [-0.15, -0.1) is 0 Å². The molecule has 0 spiro atoms. The topological polar surface area (TPSA) is 112 Å². The maximum absolute atomic E-state index is 12.5. The summed E-state index contributed by atoms with van der Waals surface area (Å²) < 4.78 is 48.5. The Morgan fingerprint density at radius 2 is 1.95 bits per heavy atom. The average molecular weight is 566 g/mol. The molecule has 8 nitrogen and oxygen atoms in total. The van der Waals surface area contributed by atoms with Crippen LogP contribution in [0.5, 0.6) is 5.88 Å². The Labute approximate surface area is 230 Å². The van der Waals surface area contributed by atoms with Gasteiger partial charge in [0, 0.05) is 30.6 Å². The fourth-order valence-corrected chi connectivity index (χ4v) is 4.68.